The van der Waals surface area contributed by atoms with Crippen LogP contribution in [0, 0.1) is 13.8 Å². The Hall–Kier alpha value is -1.44. The maximum absolute atomic E-state index is 12.7. The zero-order valence-corrected chi connectivity index (χ0v) is 14.6. The summed E-state index contributed by atoms with van der Waals surface area (Å²) in [5.41, 5.74) is 2.00. The molecule has 128 valence electrons. The number of hydrogen-bond acceptors (Lipinski definition) is 4. The Morgan fingerprint density at radius 3 is 2.26 bits per heavy atom. The van der Waals surface area contributed by atoms with Gasteiger partial charge in [0.2, 0.25) is 10.0 Å². The van der Waals surface area contributed by atoms with Crippen molar-refractivity contribution < 1.29 is 18.3 Å². The van der Waals surface area contributed by atoms with Gasteiger partial charge in [-0.1, -0.05) is 13.0 Å². The minimum atomic E-state index is -3.52. The molecule has 0 bridgehead atoms. The van der Waals surface area contributed by atoms with Gasteiger partial charge in [0.1, 0.15) is 6.04 Å². The fraction of sp³-hybridized carbons (Fsp3) is 0.562. The molecule has 0 aromatic heterocycles. The lowest BCUT2D eigenvalue weighted by Gasteiger charge is -2.36. The number of sulfonamides is 1. The van der Waals surface area contributed by atoms with Gasteiger partial charge in [0, 0.05) is 26.2 Å². The second kappa shape index (κ2) is 6.98. The average Bonchev–Trinajstić information content (AvgIpc) is 2.51. The van der Waals surface area contributed by atoms with E-state index in [-0.39, 0.29) is 0 Å². The van der Waals surface area contributed by atoms with Crippen LogP contribution in [0.15, 0.2) is 23.1 Å². The number of carboxylic acid groups (broad SMARTS) is 1. The van der Waals surface area contributed by atoms with Crippen LogP contribution < -0.4 is 0 Å². The van der Waals surface area contributed by atoms with E-state index < -0.39 is 22.0 Å². The smallest absolute Gasteiger partial charge is 0.320 e. The summed E-state index contributed by atoms with van der Waals surface area (Å²) in [6.45, 7) is 7.19. The van der Waals surface area contributed by atoms with Crippen molar-refractivity contribution in [3.63, 3.8) is 0 Å². The van der Waals surface area contributed by atoms with Crippen LogP contribution in [-0.2, 0) is 14.8 Å². The molecule has 1 saturated heterocycles. The molecule has 1 heterocycles. The van der Waals surface area contributed by atoms with Gasteiger partial charge < -0.3 is 5.11 Å². The van der Waals surface area contributed by atoms with E-state index >= 15 is 0 Å². The van der Waals surface area contributed by atoms with E-state index in [4.69, 9.17) is 0 Å². The molecule has 1 unspecified atom stereocenters. The predicted molar refractivity (Wildman–Crippen MR) is 88.0 cm³/mol. The molecular weight excluding hydrogens is 316 g/mol. The summed E-state index contributed by atoms with van der Waals surface area (Å²) in [6, 6.07) is 4.61. The fourth-order valence-corrected chi connectivity index (χ4v) is 4.38. The molecule has 1 N–H and O–H groups in total. The van der Waals surface area contributed by atoms with Gasteiger partial charge in [0.05, 0.1) is 4.90 Å². The van der Waals surface area contributed by atoms with Gasteiger partial charge in [-0.25, -0.2) is 8.42 Å². The minimum absolute atomic E-state index is 0.305. The molecule has 0 spiro atoms. The molecular formula is C16H24N2O4S. The van der Waals surface area contributed by atoms with Crippen molar-refractivity contribution in [1.82, 2.24) is 9.21 Å². The van der Waals surface area contributed by atoms with E-state index in [0.29, 0.717) is 37.5 Å². The summed E-state index contributed by atoms with van der Waals surface area (Å²) in [4.78, 5) is 13.4. The van der Waals surface area contributed by atoms with Gasteiger partial charge in [-0.3, -0.25) is 9.69 Å². The number of aliphatic carboxylic acids is 1. The van der Waals surface area contributed by atoms with Gasteiger partial charge in [-0.15, -0.1) is 0 Å². The Kier molecular flexibility index (Phi) is 5.44. The standard InChI is InChI=1S/C16H24N2O4S/c1-4-15(16(19)20)17-7-9-18(10-8-17)23(21,22)14-6-5-12(2)13(3)11-14/h5-6,11,15H,4,7-10H2,1-3H3,(H,19,20). The summed E-state index contributed by atoms with van der Waals surface area (Å²) in [6.07, 6.45) is 0.513. The van der Waals surface area contributed by atoms with Crippen LogP contribution in [0.5, 0.6) is 0 Å². The molecule has 2 rings (SSSR count). The lowest BCUT2D eigenvalue weighted by Crippen LogP contribution is -2.53. The van der Waals surface area contributed by atoms with Crippen LogP contribution in [0.4, 0.5) is 0 Å². The summed E-state index contributed by atoms with van der Waals surface area (Å²) in [7, 11) is -3.52. The van der Waals surface area contributed by atoms with Crippen molar-refractivity contribution in [2.24, 2.45) is 0 Å². The number of hydrogen-bond donors (Lipinski definition) is 1. The highest BCUT2D eigenvalue weighted by atomic mass is 32.2. The number of carboxylic acids is 1. The maximum atomic E-state index is 12.7. The Balaban J connectivity index is 2.12. The molecule has 6 nitrogen and oxygen atoms in total. The average molecular weight is 340 g/mol. The molecule has 1 aromatic carbocycles. The van der Waals surface area contributed by atoms with Crippen molar-refractivity contribution >= 4 is 16.0 Å². The first-order valence-corrected chi connectivity index (χ1v) is 9.25. The first-order chi connectivity index (χ1) is 10.8. The molecule has 23 heavy (non-hydrogen) atoms. The number of nitrogens with zero attached hydrogens (tertiary/aromatic N) is 2. The highest BCUT2D eigenvalue weighted by Gasteiger charge is 2.32. The fourth-order valence-electron chi connectivity index (χ4n) is 2.87. The quantitative estimate of drug-likeness (QED) is 0.878. The van der Waals surface area contributed by atoms with Crippen LogP contribution >= 0.6 is 0 Å². The molecule has 0 radical (unpaired) electrons. The van der Waals surface area contributed by atoms with Crippen LogP contribution in [-0.4, -0.2) is 60.9 Å². The van der Waals surface area contributed by atoms with E-state index in [1.807, 2.05) is 31.7 Å². The third-order valence-corrected chi connectivity index (χ3v) is 6.40. The van der Waals surface area contributed by atoms with Crippen LogP contribution in [0.3, 0.4) is 0 Å². The van der Waals surface area contributed by atoms with Crippen molar-refractivity contribution in [3.05, 3.63) is 29.3 Å². The third kappa shape index (κ3) is 3.73. The summed E-state index contributed by atoms with van der Waals surface area (Å²) >= 11 is 0. The second-order valence-electron chi connectivity index (χ2n) is 5.95. The highest BCUT2D eigenvalue weighted by molar-refractivity contribution is 7.89. The van der Waals surface area contributed by atoms with Gasteiger partial charge in [0.25, 0.3) is 0 Å². The monoisotopic (exact) mass is 340 g/mol. The molecule has 0 amide bonds. The molecule has 1 fully saturated rings. The number of aryl methyl sites for hydroxylation is 2. The van der Waals surface area contributed by atoms with Crippen molar-refractivity contribution in [3.8, 4) is 0 Å². The summed E-state index contributed by atoms with van der Waals surface area (Å²) < 4.78 is 26.9. The molecule has 1 aromatic rings. The van der Waals surface area contributed by atoms with E-state index in [2.05, 4.69) is 0 Å². The Morgan fingerprint density at radius 2 is 1.78 bits per heavy atom. The van der Waals surface area contributed by atoms with Gasteiger partial charge in [-0.05, 0) is 43.5 Å². The first-order valence-electron chi connectivity index (χ1n) is 7.81. The minimum Gasteiger partial charge on any atom is -0.480 e. The summed E-state index contributed by atoms with van der Waals surface area (Å²) in [5.74, 6) is -0.849. The molecule has 1 atom stereocenters. The topological polar surface area (TPSA) is 77.9 Å². The Morgan fingerprint density at radius 1 is 1.17 bits per heavy atom. The van der Waals surface area contributed by atoms with Gasteiger partial charge >= 0.3 is 5.97 Å². The van der Waals surface area contributed by atoms with E-state index in [9.17, 15) is 18.3 Å². The Labute approximate surface area is 137 Å². The van der Waals surface area contributed by atoms with E-state index in [0.717, 1.165) is 11.1 Å². The number of rotatable bonds is 5. The molecule has 1 aliphatic heterocycles. The summed E-state index contributed by atoms with van der Waals surface area (Å²) in [5, 5.41) is 9.21. The SMILES string of the molecule is CCC(C(=O)O)N1CCN(S(=O)(=O)c2ccc(C)c(C)c2)CC1. The van der Waals surface area contributed by atoms with Crippen LogP contribution in [0.1, 0.15) is 24.5 Å². The van der Waals surface area contributed by atoms with E-state index in [1.54, 1.807) is 12.1 Å². The number of carbonyl (C=O) groups is 1. The Bertz CT molecular complexity index is 679. The van der Waals surface area contributed by atoms with E-state index in [1.165, 1.54) is 4.31 Å². The normalized spacial score (nSPS) is 18.7. The van der Waals surface area contributed by atoms with Crippen LogP contribution in [0.2, 0.25) is 0 Å². The van der Waals surface area contributed by atoms with Gasteiger partial charge in [0.15, 0.2) is 0 Å². The van der Waals surface area contributed by atoms with Crippen molar-refractivity contribution in [2.75, 3.05) is 26.2 Å². The lowest BCUT2D eigenvalue weighted by atomic mass is 10.1. The zero-order valence-electron chi connectivity index (χ0n) is 13.8. The largest absolute Gasteiger partial charge is 0.480 e. The molecule has 0 aliphatic carbocycles. The van der Waals surface area contributed by atoms with Crippen molar-refractivity contribution in [2.45, 2.75) is 38.1 Å². The predicted octanol–water partition coefficient (Wildman–Crippen LogP) is 1.47. The number of benzene rings is 1. The third-order valence-electron chi connectivity index (χ3n) is 4.50. The zero-order chi connectivity index (χ0) is 17.2. The molecule has 1 aliphatic rings. The second-order valence-corrected chi connectivity index (χ2v) is 7.89. The molecule has 7 heteroatoms. The van der Waals surface area contributed by atoms with Gasteiger partial charge in [-0.2, -0.15) is 4.31 Å². The number of piperazine rings is 1. The van der Waals surface area contributed by atoms with Crippen molar-refractivity contribution in [1.29, 1.82) is 0 Å². The first kappa shape index (κ1) is 17.9. The highest BCUT2D eigenvalue weighted by Crippen LogP contribution is 2.21. The lowest BCUT2D eigenvalue weighted by molar-refractivity contribution is -0.143. The van der Waals surface area contributed by atoms with Crippen LogP contribution in [0.25, 0.3) is 0 Å². The molecule has 0 saturated carbocycles. The maximum Gasteiger partial charge on any atom is 0.320 e.